The van der Waals surface area contributed by atoms with Gasteiger partial charge in [0.05, 0.1) is 18.9 Å². The highest BCUT2D eigenvalue weighted by Gasteiger charge is 2.47. The number of rotatable bonds is 4. The smallest absolute Gasteiger partial charge is 0.234 e. The Kier molecular flexibility index (Phi) is 4.51. The van der Waals surface area contributed by atoms with Crippen molar-refractivity contribution in [1.29, 1.82) is 0 Å². The molecule has 3 aromatic rings. The van der Waals surface area contributed by atoms with Gasteiger partial charge in [0.15, 0.2) is 11.2 Å². The Labute approximate surface area is 162 Å². The number of anilines is 2. The Morgan fingerprint density at radius 3 is 2.75 bits per heavy atom. The predicted molar refractivity (Wildman–Crippen MR) is 103 cm³/mol. The molecule has 2 N–H and O–H groups in total. The van der Waals surface area contributed by atoms with Crippen LogP contribution < -0.4 is 4.90 Å². The third-order valence-electron chi connectivity index (χ3n) is 5.05. The molecule has 0 unspecified atom stereocenters. The first-order chi connectivity index (χ1) is 13.5. The van der Waals surface area contributed by atoms with Crippen LogP contribution in [0.25, 0.3) is 5.65 Å². The molecule has 1 aliphatic rings. The van der Waals surface area contributed by atoms with Gasteiger partial charge in [-0.05, 0) is 19.1 Å². The normalized spacial score (nSPS) is 24.4. The van der Waals surface area contributed by atoms with Crippen LogP contribution in [0.15, 0.2) is 36.5 Å². The summed E-state index contributed by atoms with van der Waals surface area (Å²) >= 11 is 0. The number of fused-ring (bicyclic) bond motifs is 1. The van der Waals surface area contributed by atoms with Gasteiger partial charge >= 0.3 is 0 Å². The lowest BCUT2D eigenvalue weighted by Gasteiger charge is -2.19. The van der Waals surface area contributed by atoms with E-state index >= 15 is 0 Å². The minimum atomic E-state index is -1.53. The van der Waals surface area contributed by atoms with Gasteiger partial charge in [0.1, 0.15) is 11.9 Å². The second-order valence-electron chi connectivity index (χ2n) is 6.87. The maximum Gasteiger partial charge on any atom is 0.234 e. The molecule has 144 valence electrons. The molecule has 3 heterocycles. The summed E-state index contributed by atoms with van der Waals surface area (Å²) in [5.74, 6) is 3.53. The van der Waals surface area contributed by atoms with Gasteiger partial charge in [-0.3, -0.25) is 0 Å². The third kappa shape index (κ3) is 2.90. The number of aryl methyl sites for hydroxylation is 1. The van der Waals surface area contributed by atoms with E-state index in [-0.39, 0.29) is 13.0 Å². The summed E-state index contributed by atoms with van der Waals surface area (Å²) in [7, 11) is 1.91. The SMILES string of the molecule is C#C[C@]1(O)C[C@H](c2cnn3c(N(C)c4ccccc4)nc(C)nc23)O[C@@H]1CO. The Morgan fingerprint density at radius 2 is 2.11 bits per heavy atom. The van der Waals surface area contributed by atoms with E-state index in [1.807, 2.05) is 49.2 Å². The van der Waals surface area contributed by atoms with Crippen molar-refractivity contribution in [3.8, 4) is 12.3 Å². The van der Waals surface area contributed by atoms with Gasteiger partial charge in [-0.2, -0.15) is 14.6 Å². The van der Waals surface area contributed by atoms with Crippen molar-refractivity contribution < 1.29 is 14.9 Å². The molecule has 8 heteroatoms. The molecule has 2 aromatic heterocycles. The number of hydrogen-bond acceptors (Lipinski definition) is 7. The molecule has 4 rings (SSSR count). The standard InChI is InChI=1S/C20H21N5O3/c1-4-20(27)10-16(28-17(20)12-26)15-11-21-25-18(15)22-13(2)23-19(25)24(3)14-8-6-5-7-9-14/h1,5-9,11,16-17,26-27H,10,12H2,2-3H3/t16-,17-,20+/m1/s1. The van der Waals surface area contributed by atoms with Crippen molar-refractivity contribution in [2.45, 2.75) is 31.2 Å². The molecule has 1 aliphatic heterocycles. The van der Waals surface area contributed by atoms with Crippen molar-refractivity contribution in [2.24, 2.45) is 0 Å². The fourth-order valence-corrected chi connectivity index (χ4v) is 3.50. The zero-order valence-corrected chi connectivity index (χ0v) is 15.6. The lowest BCUT2D eigenvalue weighted by atomic mass is 9.93. The molecule has 0 saturated carbocycles. The van der Waals surface area contributed by atoms with Crippen LogP contribution in [-0.4, -0.2) is 55.2 Å². The van der Waals surface area contributed by atoms with Crippen LogP contribution >= 0.6 is 0 Å². The second-order valence-corrected chi connectivity index (χ2v) is 6.87. The number of ether oxygens (including phenoxy) is 1. The van der Waals surface area contributed by atoms with Crippen molar-refractivity contribution in [3.63, 3.8) is 0 Å². The summed E-state index contributed by atoms with van der Waals surface area (Å²) in [5, 5.41) is 24.5. The molecular formula is C20H21N5O3. The molecule has 0 amide bonds. The first-order valence-corrected chi connectivity index (χ1v) is 8.94. The molecule has 1 aromatic carbocycles. The highest BCUT2D eigenvalue weighted by Crippen LogP contribution is 2.40. The van der Waals surface area contributed by atoms with Gasteiger partial charge in [0.2, 0.25) is 5.95 Å². The van der Waals surface area contributed by atoms with E-state index in [1.54, 1.807) is 10.7 Å². The molecule has 1 saturated heterocycles. The van der Waals surface area contributed by atoms with E-state index in [9.17, 15) is 10.2 Å². The van der Waals surface area contributed by atoms with Crippen molar-refractivity contribution in [2.75, 3.05) is 18.6 Å². The zero-order chi connectivity index (χ0) is 19.9. The van der Waals surface area contributed by atoms with Crippen molar-refractivity contribution >= 4 is 17.3 Å². The topological polar surface area (TPSA) is 96.0 Å². The molecular weight excluding hydrogens is 358 g/mol. The number of para-hydroxylation sites is 1. The number of benzene rings is 1. The fraction of sp³-hybridized carbons (Fsp3) is 0.350. The zero-order valence-electron chi connectivity index (χ0n) is 15.6. The molecule has 0 spiro atoms. The largest absolute Gasteiger partial charge is 0.394 e. The number of aliphatic hydroxyl groups is 2. The molecule has 3 atom stereocenters. The molecule has 1 fully saturated rings. The first-order valence-electron chi connectivity index (χ1n) is 8.94. The number of nitrogens with zero attached hydrogens (tertiary/aromatic N) is 5. The Hall–Kier alpha value is -2.99. The Morgan fingerprint density at radius 1 is 1.36 bits per heavy atom. The van der Waals surface area contributed by atoms with Gasteiger partial charge in [-0.25, -0.2) is 4.98 Å². The maximum absolute atomic E-state index is 10.6. The molecule has 8 nitrogen and oxygen atoms in total. The fourth-order valence-electron chi connectivity index (χ4n) is 3.50. The minimum Gasteiger partial charge on any atom is -0.394 e. The summed E-state index contributed by atoms with van der Waals surface area (Å²) in [6, 6.07) is 9.81. The summed E-state index contributed by atoms with van der Waals surface area (Å²) in [4.78, 5) is 11.0. The second kappa shape index (κ2) is 6.87. The van der Waals surface area contributed by atoms with Crippen LogP contribution in [-0.2, 0) is 4.74 Å². The van der Waals surface area contributed by atoms with Gasteiger partial charge in [0, 0.05) is 24.7 Å². The van der Waals surface area contributed by atoms with Crippen LogP contribution in [0.5, 0.6) is 0 Å². The van der Waals surface area contributed by atoms with Crippen LogP contribution in [0.2, 0.25) is 0 Å². The van der Waals surface area contributed by atoms with Gasteiger partial charge < -0.3 is 19.8 Å². The van der Waals surface area contributed by atoms with Crippen LogP contribution in [0.1, 0.15) is 23.9 Å². The Balaban J connectivity index is 1.78. The van der Waals surface area contributed by atoms with Crippen LogP contribution in [0.3, 0.4) is 0 Å². The van der Waals surface area contributed by atoms with E-state index in [0.29, 0.717) is 23.0 Å². The third-order valence-corrected chi connectivity index (χ3v) is 5.05. The first kappa shape index (κ1) is 18.4. The van der Waals surface area contributed by atoms with E-state index in [1.165, 1.54) is 0 Å². The van der Waals surface area contributed by atoms with Crippen LogP contribution in [0, 0.1) is 19.3 Å². The van der Waals surface area contributed by atoms with Crippen molar-refractivity contribution in [1.82, 2.24) is 19.6 Å². The highest BCUT2D eigenvalue weighted by atomic mass is 16.5. The summed E-state index contributed by atoms with van der Waals surface area (Å²) in [5.41, 5.74) is 0.698. The Bertz CT molecular complexity index is 1050. The van der Waals surface area contributed by atoms with Gasteiger partial charge in [-0.15, -0.1) is 6.42 Å². The minimum absolute atomic E-state index is 0.156. The van der Waals surface area contributed by atoms with E-state index < -0.39 is 17.8 Å². The van der Waals surface area contributed by atoms with Gasteiger partial charge in [0.25, 0.3) is 0 Å². The summed E-state index contributed by atoms with van der Waals surface area (Å²) < 4.78 is 7.46. The summed E-state index contributed by atoms with van der Waals surface area (Å²) in [6.07, 6.45) is 5.89. The van der Waals surface area contributed by atoms with Crippen LogP contribution in [0.4, 0.5) is 11.6 Å². The highest BCUT2D eigenvalue weighted by molar-refractivity contribution is 5.60. The molecule has 0 bridgehead atoms. The molecule has 28 heavy (non-hydrogen) atoms. The average molecular weight is 379 g/mol. The monoisotopic (exact) mass is 379 g/mol. The van der Waals surface area contributed by atoms with E-state index in [4.69, 9.17) is 11.2 Å². The average Bonchev–Trinajstić information content (AvgIpc) is 3.28. The molecule has 0 aliphatic carbocycles. The lowest BCUT2D eigenvalue weighted by molar-refractivity contribution is -0.0458. The maximum atomic E-state index is 10.6. The number of aliphatic hydroxyl groups excluding tert-OH is 1. The molecule has 0 radical (unpaired) electrons. The lowest BCUT2D eigenvalue weighted by Crippen LogP contribution is -2.38. The van der Waals surface area contributed by atoms with Gasteiger partial charge in [-0.1, -0.05) is 24.1 Å². The number of terminal acetylenes is 1. The quantitative estimate of drug-likeness (QED) is 0.661. The van der Waals surface area contributed by atoms with Crippen molar-refractivity contribution in [3.05, 3.63) is 47.9 Å². The van der Waals surface area contributed by atoms with E-state index in [2.05, 4.69) is 21.0 Å². The number of hydrogen-bond donors (Lipinski definition) is 2. The van der Waals surface area contributed by atoms with E-state index in [0.717, 1.165) is 5.69 Å². The summed E-state index contributed by atoms with van der Waals surface area (Å²) in [6.45, 7) is 1.44. The predicted octanol–water partition coefficient (Wildman–Crippen LogP) is 1.39. The number of aromatic nitrogens is 4.